The highest BCUT2D eigenvalue weighted by Crippen LogP contribution is 2.09. The largest absolute Gasteiger partial charge is 0.347 e. The van der Waals surface area contributed by atoms with Crippen LogP contribution >= 0.6 is 0 Å². The lowest BCUT2D eigenvalue weighted by molar-refractivity contribution is -0.126. The van der Waals surface area contributed by atoms with E-state index in [-0.39, 0.29) is 23.7 Å². The fourth-order valence-corrected chi connectivity index (χ4v) is 3.44. The molecule has 1 saturated heterocycles. The number of piperazine rings is 1. The molecule has 2 N–H and O–H groups in total. The third-order valence-electron chi connectivity index (χ3n) is 3.34. The molecule has 102 valence electrons. The van der Waals surface area contributed by atoms with Crippen LogP contribution in [0.4, 0.5) is 0 Å². The molecule has 0 aromatic rings. The summed E-state index contributed by atoms with van der Waals surface area (Å²) in [6.45, 7) is 5.30. The third kappa shape index (κ3) is 3.30. The van der Waals surface area contributed by atoms with Crippen molar-refractivity contribution in [2.24, 2.45) is 0 Å². The lowest BCUT2D eigenvalue weighted by Gasteiger charge is -2.32. The van der Waals surface area contributed by atoms with Crippen LogP contribution in [0.5, 0.6) is 0 Å². The fourth-order valence-electron chi connectivity index (χ4n) is 2.20. The predicted octanol–water partition coefficient (Wildman–Crippen LogP) is -1.29. The molecule has 0 aliphatic carbocycles. The highest BCUT2D eigenvalue weighted by atomic mass is 32.2. The van der Waals surface area contributed by atoms with Crippen LogP contribution in [0, 0.1) is 0 Å². The number of carbonyl (C=O) groups is 1. The second kappa shape index (κ2) is 5.38. The van der Waals surface area contributed by atoms with Crippen molar-refractivity contribution in [3.8, 4) is 0 Å². The summed E-state index contributed by atoms with van der Waals surface area (Å²) >= 11 is 0. The van der Waals surface area contributed by atoms with Gasteiger partial charge in [-0.1, -0.05) is 0 Å². The average molecular weight is 273 g/mol. The van der Waals surface area contributed by atoms with Crippen LogP contribution < -0.4 is 10.6 Å². The van der Waals surface area contributed by atoms with E-state index in [1.807, 2.05) is 6.92 Å². The van der Waals surface area contributed by atoms with Crippen molar-refractivity contribution in [1.29, 1.82) is 0 Å². The van der Waals surface area contributed by atoms with Gasteiger partial charge in [-0.05, 0) is 13.0 Å². The second-order valence-electron chi connectivity index (χ2n) is 4.74. The van der Waals surface area contributed by atoms with Crippen molar-refractivity contribution in [3.05, 3.63) is 11.5 Å². The van der Waals surface area contributed by atoms with Crippen molar-refractivity contribution in [3.63, 3.8) is 0 Å². The Morgan fingerprint density at radius 2 is 2.11 bits per heavy atom. The molecule has 18 heavy (non-hydrogen) atoms. The van der Waals surface area contributed by atoms with E-state index in [0.29, 0.717) is 0 Å². The van der Waals surface area contributed by atoms with E-state index in [2.05, 4.69) is 15.5 Å². The fraction of sp³-hybridized carbons (Fsp3) is 0.727. The van der Waals surface area contributed by atoms with Crippen molar-refractivity contribution >= 4 is 15.7 Å². The topological polar surface area (TPSA) is 78.5 Å². The van der Waals surface area contributed by atoms with E-state index in [1.54, 1.807) is 0 Å². The lowest BCUT2D eigenvalue weighted by atomic mass is 10.2. The summed E-state index contributed by atoms with van der Waals surface area (Å²) in [5.41, 5.74) is 0. The Morgan fingerprint density at radius 3 is 2.67 bits per heavy atom. The van der Waals surface area contributed by atoms with Gasteiger partial charge in [0.05, 0.1) is 17.8 Å². The number of amides is 1. The molecule has 0 aromatic carbocycles. The Kier molecular flexibility index (Phi) is 4.04. The molecule has 2 rings (SSSR count). The first-order chi connectivity index (χ1) is 8.48. The van der Waals surface area contributed by atoms with Crippen LogP contribution in [0.15, 0.2) is 11.5 Å². The summed E-state index contributed by atoms with van der Waals surface area (Å²) in [6, 6.07) is -0.600. The molecule has 2 aliphatic rings. The number of hydrogen-bond donors (Lipinski definition) is 2. The SMILES string of the molecule is CC(C(=O)NC1C=CS(=O)(=O)C1)N1CCNCC1. The monoisotopic (exact) mass is 273 g/mol. The molecule has 2 aliphatic heterocycles. The molecule has 1 amide bonds. The maximum atomic E-state index is 12.0. The molecular weight excluding hydrogens is 254 g/mol. The lowest BCUT2D eigenvalue weighted by Crippen LogP contribution is -2.54. The minimum atomic E-state index is -3.11. The van der Waals surface area contributed by atoms with Crippen molar-refractivity contribution in [2.75, 3.05) is 31.9 Å². The normalized spacial score (nSPS) is 29.1. The summed E-state index contributed by atoms with van der Waals surface area (Å²) in [5, 5.41) is 7.17. The van der Waals surface area contributed by atoms with Crippen LogP contribution in [0.25, 0.3) is 0 Å². The van der Waals surface area contributed by atoms with Gasteiger partial charge in [-0.3, -0.25) is 9.69 Å². The smallest absolute Gasteiger partial charge is 0.237 e. The number of nitrogens with zero attached hydrogens (tertiary/aromatic N) is 1. The Bertz CT molecular complexity index is 440. The summed E-state index contributed by atoms with van der Waals surface area (Å²) in [7, 11) is -3.11. The van der Waals surface area contributed by atoms with Gasteiger partial charge >= 0.3 is 0 Å². The standard InChI is InChI=1S/C11H19N3O3S/c1-9(14-5-3-12-4-6-14)11(15)13-10-2-7-18(16,17)8-10/h2,7,9-10,12H,3-6,8H2,1H3,(H,13,15). The molecule has 2 unspecified atom stereocenters. The van der Waals surface area contributed by atoms with E-state index in [4.69, 9.17) is 0 Å². The minimum Gasteiger partial charge on any atom is -0.347 e. The summed E-state index contributed by atoms with van der Waals surface area (Å²) < 4.78 is 22.5. The van der Waals surface area contributed by atoms with Gasteiger partial charge in [0.15, 0.2) is 9.84 Å². The van der Waals surface area contributed by atoms with Crippen molar-refractivity contribution in [1.82, 2.24) is 15.5 Å². The van der Waals surface area contributed by atoms with Gasteiger partial charge in [-0.25, -0.2) is 8.42 Å². The van der Waals surface area contributed by atoms with Crippen LogP contribution in [-0.4, -0.2) is 63.2 Å². The van der Waals surface area contributed by atoms with Gasteiger partial charge in [0.2, 0.25) is 5.91 Å². The molecule has 0 radical (unpaired) electrons. The zero-order valence-corrected chi connectivity index (χ0v) is 11.2. The second-order valence-corrected chi connectivity index (χ2v) is 6.67. The summed E-state index contributed by atoms with van der Waals surface area (Å²) in [5.74, 6) is -0.129. The van der Waals surface area contributed by atoms with Gasteiger partial charge < -0.3 is 10.6 Å². The molecule has 0 aromatic heterocycles. The molecule has 1 fully saturated rings. The predicted molar refractivity (Wildman–Crippen MR) is 68.8 cm³/mol. The molecule has 2 atom stereocenters. The Morgan fingerprint density at radius 1 is 1.44 bits per heavy atom. The number of sulfone groups is 1. The summed E-state index contributed by atoms with van der Waals surface area (Å²) in [6.07, 6.45) is 1.54. The van der Waals surface area contributed by atoms with E-state index < -0.39 is 9.84 Å². The highest BCUT2D eigenvalue weighted by Gasteiger charge is 2.27. The zero-order chi connectivity index (χ0) is 13.2. The van der Waals surface area contributed by atoms with Gasteiger partial charge in [0.25, 0.3) is 0 Å². The first-order valence-corrected chi connectivity index (χ1v) is 7.85. The van der Waals surface area contributed by atoms with Crippen LogP contribution in [0.2, 0.25) is 0 Å². The Labute approximate surface area is 107 Å². The maximum absolute atomic E-state index is 12.0. The average Bonchev–Trinajstić information content (AvgIpc) is 2.68. The number of nitrogens with one attached hydrogen (secondary N) is 2. The quantitative estimate of drug-likeness (QED) is 0.669. The van der Waals surface area contributed by atoms with Crippen LogP contribution in [-0.2, 0) is 14.6 Å². The molecule has 0 saturated carbocycles. The van der Waals surface area contributed by atoms with Gasteiger partial charge in [-0.2, -0.15) is 0 Å². The third-order valence-corrected chi connectivity index (χ3v) is 4.73. The summed E-state index contributed by atoms with van der Waals surface area (Å²) in [4.78, 5) is 14.1. The van der Waals surface area contributed by atoms with Crippen LogP contribution in [0.1, 0.15) is 6.92 Å². The number of rotatable bonds is 3. The molecule has 0 spiro atoms. The highest BCUT2D eigenvalue weighted by molar-refractivity contribution is 7.94. The van der Waals surface area contributed by atoms with Crippen molar-refractivity contribution in [2.45, 2.75) is 19.0 Å². The van der Waals surface area contributed by atoms with E-state index in [0.717, 1.165) is 26.2 Å². The first kappa shape index (κ1) is 13.5. The zero-order valence-electron chi connectivity index (χ0n) is 10.4. The van der Waals surface area contributed by atoms with E-state index in [9.17, 15) is 13.2 Å². The Balaban J connectivity index is 1.86. The molecule has 2 heterocycles. The molecule has 6 nitrogen and oxygen atoms in total. The number of carbonyl (C=O) groups excluding carboxylic acids is 1. The van der Waals surface area contributed by atoms with Gasteiger partial charge in [-0.15, -0.1) is 0 Å². The maximum Gasteiger partial charge on any atom is 0.237 e. The minimum absolute atomic E-state index is 0.0208. The molecular formula is C11H19N3O3S. The van der Waals surface area contributed by atoms with E-state index in [1.165, 1.54) is 11.5 Å². The molecule has 0 bridgehead atoms. The molecule has 7 heteroatoms. The van der Waals surface area contributed by atoms with Gasteiger partial charge in [0.1, 0.15) is 0 Å². The van der Waals surface area contributed by atoms with Crippen molar-refractivity contribution < 1.29 is 13.2 Å². The Hall–Kier alpha value is -0.920. The van der Waals surface area contributed by atoms with Gasteiger partial charge in [0, 0.05) is 31.6 Å². The number of hydrogen-bond acceptors (Lipinski definition) is 5. The first-order valence-electron chi connectivity index (χ1n) is 6.14. The van der Waals surface area contributed by atoms with E-state index >= 15 is 0 Å². The van der Waals surface area contributed by atoms with Crippen LogP contribution in [0.3, 0.4) is 0 Å².